The van der Waals surface area contributed by atoms with Crippen LogP contribution >= 0.6 is 23.2 Å². The highest BCUT2D eigenvalue weighted by Crippen LogP contribution is 2.44. The van der Waals surface area contributed by atoms with E-state index in [-0.39, 0.29) is 17.3 Å². The number of aromatic nitrogens is 1. The number of anilines is 1. The molecule has 2 aromatic carbocycles. The molecule has 0 radical (unpaired) electrons. The van der Waals surface area contributed by atoms with Gasteiger partial charge in [-0.2, -0.15) is 0 Å². The Labute approximate surface area is 319 Å². The second kappa shape index (κ2) is 19.2. The van der Waals surface area contributed by atoms with Crippen LogP contribution in [-0.2, 0) is 14.3 Å². The molecule has 11 heteroatoms. The maximum atomic E-state index is 13.4. The summed E-state index contributed by atoms with van der Waals surface area (Å²) in [5, 5.41) is 12.0. The van der Waals surface area contributed by atoms with E-state index in [9.17, 15) is 19.5 Å². The first-order chi connectivity index (χ1) is 24.8. The number of pyridine rings is 1. The Morgan fingerprint density at radius 3 is 2.29 bits per heavy atom. The molecule has 4 rings (SSSR count). The molecule has 0 saturated carbocycles. The van der Waals surface area contributed by atoms with Gasteiger partial charge in [0.05, 0.1) is 34.3 Å². The first-order valence-electron chi connectivity index (χ1n) is 18.9. The van der Waals surface area contributed by atoms with Crippen LogP contribution in [0.15, 0.2) is 53.3 Å². The average Bonchev–Trinajstić information content (AvgIpc) is 3.12. The van der Waals surface area contributed by atoms with E-state index in [2.05, 4.69) is 44.4 Å². The van der Waals surface area contributed by atoms with Crippen LogP contribution < -0.4 is 15.2 Å². The van der Waals surface area contributed by atoms with Crippen LogP contribution in [-0.4, -0.2) is 65.8 Å². The summed E-state index contributed by atoms with van der Waals surface area (Å²) in [5.74, 6) is -1.54. The van der Waals surface area contributed by atoms with Crippen molar-refractivity contribution in [3.63, 3.8) is 0 Å². The number of esters is 1. The molecule has 1 aliphatic heterocycles. The fourth-order valence-corrected chi connectivity index (χ4v) is 7.82. The second-order valence-electron chi connectivity index (χ2n) is 15.0. The van der Waals surface area contributed by atoms with Crippen molar-refractivity contribution in [2.24, 2.45) is 10.8 Å². The van der Waals surface area contributed by atoms with Gasteiger partial charge in [0, 0.05) is 38.3 Å². The minimum Gasteiger partial charge on any atom is -0.494 e. The molecule has 0 bridgehead atoms. The topological polar surface area (TPSA) is 101 Å². The summed E-state index contributed by atoms with van der Waals surface area (Å²) in [6.07, 6.45) is 7.13. The van der Waals surface area contributed by atoms with Crippen molar-refractivity contribution < 1.29 is 24.2 Å². The third-order valence-electron chi connectivity index (χ3n) is 10.9. The summed E-state index contributed by atoms with van der Waals surface area (Å²) in [6, 6.07) is 13.9. The van der Waals surface area contributed by atoms with Crippen LogP contribution in [0.1, 0.15) is 105 Å². The van der Waals surface area contributed by atoms with Gasteiger partial charge in [-0.1, -0.05) is 96.0 Å². The van der Waals surface area contributed by atoms with Gasteiger partial charge >= 0.3 is 11.9 Å². The van der Waals surface area contributed by atoms with E-state index in [1.165, 1.54) is 12.5 Å². The molecule has 3 unspecified atom stereocenters. The molecular weight excluding hydrogens is 701 g/mol. The van der Waals surface area contributed by atoms with Crippen molar-refractivity contribution >= 4 is 51.7 Å². The normalized spacial score (nSPS) is 16.6. The molecule has 1 aromatic heterocycles. The zero-order valence-corrected chi connectivity index (χ0v) is 33.1. The number of carbonyl (C=O) groups is 2. The second-order valence-corrected chi connectivity index (χ2v) is 15.8. The van der Waals surface area contributed by atoms with Crippen LogP contribution in [0, 0.1) is 10.8 Å². The number of unbranched alkanes of at least 4 members (excludes halogenated alkanes) is 3. The van der Waals surface area contributed by atoms with Crippen LogP contribution in [0.25, 0.3) is 10.9 Å². The minimum atomic E-state index is -1.81. The van der Waals surface area contributed by atoms with Crippen molar-refractivity contribution in [3.8, 4) is 5.75 Å². The Kier molecular flexibility index (Phi) is 15.3. The van der Waals surface area contributed by atoms with Crippen LogP contribution in [0.2, 0.25) is 10.0 Å². The van der Waals surface area contributed by atoms with Crippen molar-refractivity contribution in [1.82, 2.24) is 9.47 Å². The largest absolute Gasteiger partial charge is 0.494 e. The number of carboxylic acid groups (broad SMARTS) is 1. The van der Waals surface area contributed by atoms with Crippen molar-refractivity contribution in [2.45, 2.75) is 105 Å². The predicted octanol–water partition coefficient (Wildman–Crippen LogP) is 9.61. The monoisotopic (exact) mass is 757 g/mol. The van der Waals surface area contributed by atoms with Crippen LogP contribution in [0.5, 0.6) is 5.75 Å². The van der Waals surface area contributed by atoms with E-state index < -0.39 is 23.7 Å². The Hall–Kier alpha value is -3.27. The van der Waals surface area contributed by atoms with Gasteiger partial charge in [0.1, 0.15) is 5.75 Å². The Morgan fingerprint density at radius 1 is 0.904 bits per heavy atom. The molecule has 3 atom stereocenters. The molecular formula is C41H57Cl2N3O6. The smallest absolute Gasteiger partial charge is 0.367 e. The molecule has 0 amide bonds. The lowest BCUT2D eigenvalue weighted by Gasteiger charge is -2.39. The summed E-state index contributed by atoms with van der Waals surface area (Å²) in [6.45, 7) is 15.8. The number of benzene rings is 2. The molecule has 0 spiro atoms. The number of piperazine rings is 1. The van der Waals surface area contributed by atoms with E-state index in [1.54, 1.807) is 30.3 Å². The van der Waals surface area contributed by atoms with Gasteiger partial charge in [-0.25, -0.2) is 4.79 Å². The van der Waals surface area contributed by atoms with Crippen molar-refractivity contribution in [1.29, 1.82) is 0 Å². The van der Waals surface area contributed by atoms with Gasteiger partial charge in [-0.15, -0.1) is 0 Å². The maximum Gasteiger partial charge on any atom is 0.367 e. The van der Waals surface area contributed by atoms with E-state index in [0.29, 0.717) is 33.3 Å². The highest BCUT2D eigenvalue weighted by molar-refractivity contribution is 6.43. The van der Waals surface area contributed by atoms with E-state index in [1.807, 2.05) is 12.1 Å². The molecule has 1 saturated heterocycles. The van der Waals surface area contributed by atoms with Gasteiger partial charge in [0.25, 0.3) is 11.8 Å². The van der Waals surface area contributed by atoms with Gasteiger partial charge in [0.15, 0.2) is 0 Å². The van der Waals surface area contributed by atoms with Gasteiger partial charge in [-0.05, 0) is 78.8 Å². The Bertz CT molecular complexity index is 1710. The summed E-state index contributed by atoms with van der Waals surface area (Å²) >= 11 is 12.6. The lowest BCUT2D eigenvalue weighted by atomic mass is 9.67. The number of fused-ring (bicyclic) bond motifs is 1. The fourth-order valence-electron chi connectivity index (χ4n) is 7.40. The minimum absolute atomic E-state index is 0.0659. The summed E-state index contributed by atoms with van der Waals surface area (Å²) in [4.78, 5) is 43.9. The SMILES string of the molecule is CCCCCC(C)(CC)CC(C)(CC)CC(=O)OC(C(=O)O)n1c(=O)ccc2ccc(OCCCCN3CCN(c4cccc(Cl)c4Cl)CC3)cc21. The number of halogens is 2. The number of nitrogens with zero attached hydrogens (tertiary/aromatic N) is 3. The van der Waals surface area contributed by atoms with E-state index in [4.69, 9.17) is 32.7 Å². The molecule has 286 valence electrons. The predicted molar refractivity (Wildman–Crippen MR) is 211 cm³/mol. The number of carbonyl (C=O) groups excluding carboxylic acids is 1. The standard InChI is InChI=1S/C41H57Cl2N3O6/c1-6-9-10-20-40(4,7-2)29-41(5,8-3)28-36(48)52-38(39(49)50)46-34-27-31(18-16-30(34)17-19-35(46)47)51-26-12-11-21-44-22-24-45(25-23-44)33-15-13-14-32(42)37(33)43/h13-19,27,38H,6-12,20-26,28-29H2,1-5H3,(H,49,50). The number of carboxylic acids is 1. The molecule has 1 aliphatic rings. The third-order valence-corrected chi connectivity index (χ3v) is 11.7. The number of hydrogen-bond donors (Lipinski definition) is 1. The number of rotatable bonds is 20. The summed E-state index contributed by atoms with van der Waals surface area (Å²) in [5.41, 5.74) is 0.420. The number of aliphatic carboxylic acids is 1. The average molecular weight is 759 g/mol. The Balaban J connectivity index is 1.36. The molecule has 2 heterocycles. The lowest BCUT2D eigenvalue weighted by Crippen LogP contribution is -2.46. The quantitative estimate of drug-likeness (QED) is 0.0899. The fraction of sp³-hybridized carbons (Fsp3) is 0.585. The first kappa shape index (κ1) is 41.5. The molecule has 1 fully saturated rings. The van der Waals surface area contributed by atoms with E-state index >= 15 is 0 Å². The van der Waals surface area contributed by atoms with Crippen molar-refractivity contribution in [2.75, 3.05) is 44.2 Å². The zero-order valence-electron chi connectivity index (χ0n) is 31.6. The highest BCUT2D eigenvalue weighted by Gasteiger charge is 2.37. The molecule has 3 aromatic rings. The first-order valence-corrected chi connectivity index (χ1v) is 19.7. The zero-order chi connectivity index (χ0) is 37.9. The number of hydrogen-bond acceptors (Lipinski definition) is 7. The molecule has 0 aliphatic carbocycles. The number of ether oxygens (including phenoxy) is 2. The lowest BCUT2D eigenvalue weighted by molar-refractivity contribution is -0.172. The van der Waals surface area contributed by atoms with Gasteiger partial charge in [0.2, 0.25) is 0 Å². The van der Waals surface area contributed by atoms with Crippen LogP contribution in [0.4, 0.5) is 5.69 Å². The maximum absolute atomic E-state index is 13.4. The highest BCUT2D eigenvalue weighted by atomic mass is 35.5. The molecule has 1 N–H and O–H groups in total. The van der Waals surface area contributed by atoms with Gasteiger partial charge in [-0.3, -0.25) is 19.1 Å². The van der Waals surface area contributed by atoms with E-state index in [0.717, 1.165) is 94.3 Å². The Morgan fingerprint density at radius 2 is 1.62 bits per heavy atom. The summed E-state index contributed by atoms with van der Waals surface area (Å²) < 4.78 is 12.8. The molecule has 9 nitrogen and oxygen atoms in total. The molecule has 52 heavy (non-hydrogen) atoms. The third kappa shape index (κ3) is 11.1. The van der Waals surface area contributed by atoms with Crippen molar-refractivity contribution in [3.05, 3.63) is 68.9 Å². The summed E-state index contributed by atoms with van der Waals surface area (Å²) in [7, 11) is 0. The van der Waals surface area contributed by atoms with Crippen LogP contribution in [0.3, 0.4) is 0 Å². The van der Waals surface area contributed by atoms with Gasteiger partial charge < -0.3 is 19.5 Å².